The maximum Gasteiger partial charge on any atom is 0.309 e. The summed E-state index contributed by atoms with van der Waals surface area (Å²) in [6.07, 6.45) is 18.0. The number of aliphatic carboxylic acids is 1. The second-order valence-electron chi connectivity index (χ2n) is 13.7. The lowest BCUT2D eigenvalue weighted by atomic mass is 9.32. The van der Waals surface area contributed by atoms with Crippen molar-refractivity contribution in [3.05, 3.63) is 12.7 Å². The normalized spacial score (nSPS) is 54.7. The molecule has 0 aromatic heterocycles. The van der Waals surface area contributed by atoms with Crippen molar-refractivity contribution < 1.29 is 15.0 Å². The van der Waals surface area contributed by atoms with Crippen molar-refractivity contribution in [2.75, 3.05) is 0 Å². The molecule has 182 valence electrons. The number of carboxylic acid groups (broad SMARTS) is 1. The summed E-state index contributed by atoms with van der Waals surface area (Å²) in [5, 5.41) is 21.3. The molecule has 5 saturated carbocycles. The van der Waals surface area contributed by atoms with E-state index in [4.69, 9.17) is 6.42 Å². The average Bonchev–Trinajstić information content (AvgIpc) is 3.16. The highest BCUT2D eigenvalue weighted by molar-refractivity contribution is 5.76. The van der Waals surface area contributed by atoms with Gasteiger partial charge in [-0.15, -0.1) is 13.0 Å². The third-order valence-corrected chi connectivity index (χ3v) is 12.9. The molecule has 0 bridgehead atoms. The molecule has 0 radical (unpaired) electrons. The van der Waals surface area contributed by atoms with Crippen LogP contribution in [-0.2, 0) is 4.79 Å². The first-order chi connectivity index (χ1) is 15.4. The van der Waals surface area contributed by atoms with Crippen molar-refractivity contribution in [2.24, 2.45) is 56.7 Å². The molecular formula is C30H44O3. The molecule has 4 unspecified atom stereocenters. The molecule has 0 aromatic rings. The minimum Gasteiger partial charge on any atom is -0.481 e. The van der Waals surface area contributed by atoms with Crippen molar-refractivity contribution in [3.63, 3.8) is 0 Å². The summed E-state index contributed by atoms with van der Waals surface area (Å²) in [4.78, 5) is 12.7. The predicted octanol–water partition coefficient (Wildman–Crippen LogP) is 6.31. The summed E-state index contributed by atoms with van der Waals surface area (Å²) in [5.41, 5.74) is -0.726. The van der Waals surface area contributed by atoms with Gasteiger partial charge in [0.05, 0.1) is 11.5 Å². The number of rotatable bonds is 2. The third kappa shape index (κ3) is 2.60. The highest BCUT2D eigenvalue weighted by atomic mass is 16.4. The minimum atomic E-state index is -0.620. The van der Waals surface area contributed by atoms with Crippen LogP contribution in [0.4, 0.5) is 0 Å². The second-order valence-corrected chi connectivity index (χ2v) is 13.7. The van der Waals surface area contributed by atoms with E-state index in [0.29, 0.717) is 18.3 Å². The van der Waals surface area contributed by atoms with Gasteiger partial charge in [0.25, 0.3) is 0 Å². The fourth-order valence-electron chi connectivity index (χ4n) is 11.2. The number of fused-ring (bicyclic) bond motifs is 7. The quantitative estimate of drug-likeness (QED) is 0.381. The van der Waals surface area contributed by atoms with Crippen LogP contribution in [-0.4, -0.2) is 22.3 Å². The zero-order valence-corrected chi connectivity index (χ0v) is 21.2. The Kier molecular flexibility index (Phi) is 5.07. The van der Waals surface area contributed by atoms with Gasteiger partial charge in [-0.25, -0.2) is 0 Å². The van der Waals surface area contributed by atoms with E-state index in [1.807, 2.05) is 6.08 Å². The summed E-state index contributed by atoms with van der Waals surface area (Å²) in [7, 11) is 0. The van der Waals surface area contributed by atoms with E-state index < -0.39 is 11.4 Å². The molecule has 0 heterocycles. The first-order valence-corrected chi connectivity index (χ1v) is 13.5. The largest absolute Gasteiger partial charge is 0.481 e. The molecule has 10 atom stereocenters. The summed E-state index contributed by atoms with van der Waals surface area (Å²) in [6, 6.07) is 0. The number of carbonyl (C=O) groups is 1. The van der Waals surface area contributed by atoms with Crippen molar-refractivity contribution in [1.82, 2.24) is 0 Å². The number of aliphatic hydroxyl groups is 1. The van der Waals surface area contributed by atoms with E-state index in [2.05, 4.69) is 40.2 Å². The molecule has 0 saturated heterocycles. The van der Waals surface area contributed by atoms with E-state index in [1.54, 1.807) is 0 Å². The first-order valence-electron chi connectivity index (χ1n) is 13.5. The minimum absolute atomic E-state index is 0.0211. The smallest absolute Gasteiger partial charge is 0.309 e. The third-order valence-electron chi connectivity index (χ3n) is 12.9. The lowest BCUT2D eigenvalue weighted by Crippen LogP contribution is -2.67. The van der Waals surface area contributed by atoms with Crippen molar-refractivity contribution in [2.45, 2.75) is 98.0 Å². The van der Waals surface area contributed by atoms with E-state index in [-0.39, 0.29) is 45.5 Å². The molecule has 5 aliphatic rings. The Labute approximate surface area is 200 Å². The van der Waals surface area contributed by atoms with Gasteiger partial charge in [-0.1, -0.05) is 39.7 Å². The number of allylic oxidation sites excluding steroid dienone is 1. The fraction of sp³-hybridized carbons (Fsp3) is 0.833. The number of carboxylic acids is 1. The molecular weight excluding hydrogens is 408 g/mol. The molecule has 0 spiro atoms. The van der Waals surface area contributed by atoms with Gasteiger partial charge in [-0.05, 0) is 110 Å². The maximum absolute atomic E-state index is 12.7. The Morgan fingerprint density at radius 2 is 1.70 bits per heavy atom. The van der Waals surface area contributed by atoms with Gasteiger partial charge in [0.2, 0.25) is 0 Å². The van der Waals surface area contributed by atoms with Crippen molar-refractivity contribution in [3.8, 4) is 12.3 Å². The molecule has 0 amide bonds. The molecule has 5 rings (SSSR count). The Hall–Kier alpha value is -1.27. The Bertz CT molecular complexity index is 899. The molecule has 33 heavy (non-hydrogen) atoms. The van der Waals surface area contributed by atoms with Crippen molar-refractivity contribution >= 4 is 5.97 Å². The van der Waals surface area contributed by atoms with Crippen LogP contribution >= 0.6 is 0 Å². The number of hydrogen-bond donors (Lipinski definition) is 2. The van der Waals surface area contributed by atoms with Gasteiger partial charge in [-0.3, -0.25) is 4.79 Å². The highest BCUT2D eigenvalue weighted by Gasteiger charge is 2.72. The van der Waals surface area contributed by atoms with E-state index in [1.165, 1.54) is 0 Å². The summed E-state index contributed by atoms with van der Waals surface area (Å²) < 4.78 is 0. The van der Waals surface area contributed by atoms with Crippen LogP contribution in [0, 0.1) is 69.0 Å². The number of aliphatic hydroxyl groups excluding tert-OH is 1. The molecule has 5 fully saturated rings. The van der Waals surface area contributed by atoms with Crippen LogP contribution in [0.5, 0.6) is 0 Å². The Morgan fingerprint density at radius 3 is 2.33 bits per heavy atom. The van der Waals surface area contributed by atoms with E-state index >= 15 is 0 Å². The summed E-state index contributed by atoms with van der Waals surface area (Å²) >= 11 is 0. The van der Waals surface area contributed by atoms with Crippen LogP contribution in [0.2, 0.25) is 0 Å². The van der Waals surface area contributed by atoms with Gasteiger partial charge in [0, 0.05) is 5.41 Å². The average molecular weight is 453 g/mol. The van der Waals surface area contributed by atoms with Crippen LogP contribution in [0.25, 0.3) is 0 Å². The summed E-state index contributed by atoms with van der Waals surface area (Å²) in [6.45, 7) is 13.7. The predicted molar refractivity (Wildman–Crippen MR) is 131 cm³/mol. The molecule has 2 N–H and O–H groups in total. The van der Waals surface area contributed by atoms with Crippen LogP contribution < -0.4 is 0 Å². The van der Waals surface area contributed by atoms with Gasteiger partial charge in [-0.2, -0.15) is 0 Å². The van der Waals surface area contributed by atoms with Crippen molar-refractivity contribution in [1.29, 1.82) is 0 Å². The zero-order valence-electron chi connectivity index (χ0n) is 21.2. The Morgan fingerprint density at radius 1 is 0.970 bits per heavy atom. The first kappa shape index (κ1) is 23.5. The number of hydrogen-bond acceptors (Lipinski definition) is 2. The van der Waals surface area contributed by atoms with Crippen LogP contribution in [0.15, 0.2) is 12.7 Å². The molecule has 0 aromatic carbocycles. The lowest BCUT2D eigenvalue weighted by molar-refractivity contribution is -0.236. The maximum atomic E-state index is 12.7. The van der Waals surface area contributed by atoms with E-state index in [9.17, 15) is 15.0 Å². The van der Waals surface area contributed by atoms with Gasteiger partial charge >= 0.3 is 5.97 Å². The highest BCUT2D eigenvalue weighted by Crippen LogP contribution is 2.77. The Balaban J connectivity index is 1.60. The zero-order chi connectivity index (χ0) is 24.0. The fourth-order valence-corrected chi connectivity index (χ4v) is 11.2. The van der Waals surface area contributed by atoms with Crippen LogP contribution in [0.3, 0.4) is 0 Å². The SMILES string of the molecule is C#C[C@@]12CC[C@@]3(C(=O)O)CC[C@@H](C=C)C3C1CCC1[C@@]3(C)CC[C@H](O)C(C)(C)C3CC[C@]12C. The summed E-state index contributed by atoms with van der Waals surface area (Å²) in [5.74, 6) is 4.51. The lowest BCUT2D eigenvalue weighted by Gasteiger charge is -2.72. The molecule has 5 aliphatic carbocycles. The topological polar surface area (TPSA) is 57.5 Å². The van der Waals surface area contributed by atoms with E-state index in [0.717, 1.165) is 57.8 Å². The molecule has 3 heteroatoms. The molecule has 0 aliphatic heterocycles. The van der Waals surface area contributed by atoms with Gasteiger partial charge in [0.15, 0.2) is 0 Å². The van der Waals surface area contributed by atoms with Gasteiger partial charge in [0.1, 0.15) is 0 Å². The molecule has 3 nitrogen and oxygen atoms in total. The number of terminal acetylenes is 1. The monoisotopic (exact) mass is 452 g/mol. The second kappa shape index (κ2) is 7.13. The van der Waals surface area contributed by atoms with Gasteiger partial charge < -0.3 is 10.2 Å². The standard InChI is InChI=1S/C30H44O3/c1-7-19-11-16-29(25(32)33)17-18-30(8-2)20(24(19)29)9-10-22-27(5)14-13-23(31)26(3,4)21(27)12-15-28(22,30)6/h2,7,19-24,31H,1,9-18H2,3-6H3,(H,32,33)/t19-,20?,21?,22?,23+,24?,27+,28-,29+,30-/m1/s1. The van der Waals surface area contributed by atoms with Crippen LogP contribution in [0.1, 0.15) is 91.9 Å².